The summed E-state index contributed by atoms with van der Waals surface area (Å²) < 4.78 is 0. The number of rotatable bonds is 3. The Morgan fingerprint density at radius 2 is 2.05 bits per heavy atom. The Morgan fingerprint density at radius 3 is 2.68 bits per heavy atom. The maximum Gasteiger partial charge on any atom is 0.237 e. The van der Waals surface area contributed by atoms with E-state index in [0.717, 1.165) is 19.4 Å². The van der Waals surface area contributed by atoms with Gasteiger partial charge in [-0.15, -0.1) is 0 Å². The molecule has 0 aromatic heterocycles. The highest BCUT2D eigenvalue weighted by Gasteiger charge is 2.34. The third-order valence-electron chi connectivity index (χ3n) is 3.90. The average Bonchev–Trinajstić information content (AvgIpc) is 2.86. The van der Waals surface area contributed by atoms with Crippen molar-refractivity contribution < 1.29 is 4.79 Å². The van der Waals surface area contributed by atoms with E-state index in [-0.39, 0.29) is 16.8 Å². The lowest BCUT2D eigenvalue weighted by Gasteiger charge is -2.29. The summed E-state index contributed by atoms with van der Waals surface area (Å²) in [5.41, 5.74) is 2.58. The molecule has 1 amide bonds. The molecule has 2 nitrogen and oxygen atoms in total. The van der Waals surface area contributed by atoms with Crippen LogP contribution in [0, 0.1) is 12.8 Å². The van der Waals surface area contributed by atoms with Crippen molar-refractivity contribution in [2.75, 3.05) is 6.54 Å². The van der Waals surface area contributed by atoms with E-state index >= 15 is 0 Å². The molecule has 0 radical (unpaired) electrons. The van der Waals surface area contributed by atoms with Crippen LogP contribution in [0.4, 0.5) is 0 Å². The second kappa shape index (κ2) is 6.08. The smallest absolute Gasteiger partial charge is 0.237 e. The van der Waals surface area contributed by atoms with Crippen molar-refractivity contribution in [3.8, 4) is 0 Å². The quantitative estimate of drug-likeness (QED) is 0.767. The van der Waals surface area contributed by atoms with Gasteiger partial charge in [-0.25, -0.2) is 0 Å². The van der Waals surface area contributed by atoms with Gasteiger partial charge in [-0.1, -0.05) is 54.0 Å². The molecule has 19 heavy (non-hydrogen) atoms. The van der Waals surface area contributed by atoms with Gasteiger partial charge in [0.2, 0.25) is 5.91 Å². The maximum atomic E-state index is 12.6. The lowest BCUT2D eigenvalue weighted by atomic mass is 9.99. The van der Waals surface area contributed by atoms with E-state index in [2.05, 4.69) is 65.9 Å². The molecule has 1 heterocycles. The van der Waals surface area contributed by atoms with Crippen molar-refractivity contribution in [1.29, 1.82) is 0 Å². The van der Waals surface area contributed by atoms with Crippen LogP contribution in [-0.4, -0.2) is 22.2 Å². The highest BCUT2D eigenvalue weighted by Crippen LogP contribution is 2.35. The predicted molar refractivity (Wildman–Crippen MR) is 82.4 cm³/mol. The van der Waals surface area contributed by atoms with Gasteiger partial charge in [0.05, 0.1) is 10.9 Å². The molecule has 0 bridgehead atoms. The number of benzene rings is 1. The Balaban J connectivity index is 2.22. The summed E-state index contributed by atoms with van der Waals surface area (Å²) in [4.78, 5) is 14.5. The minimum Gasteiger partial charge on any atom is -0.335 e. The van der Waals surface area contributed by atoms with Crippen LogP contribution in [0.5, 0.6) is 0 Å². The van der Waals surface area contributed by atoms with Crippen LogP contribution in [-0.2, 0) is 4.79 Å². The largest absolute Gasteiger partial charge is 0.335 e. The van der Waals surface area contributed by atoms with Crippen LogP contribution in [0.1, 0.15) is 43.9 Å². The molecule has 1 aromatic carbocycles. The predicted octanol–water partition coefficient (Wildman–Crippen LogP) is 4.08. The number of carbonyl (C=O) groups excluding carboxylic acids is 1. The van der Waals surface area contributed by atoms with E-state index < -0.39 is 0 Å². The first-order valence-electron chi connectivity index (χ1n) is 7.02. The molecule has 0 spiro atoms. The molecular formula is C16H22BrNO. The first-order chi connectivity index (χ1) is 9.02. The normalized spacial score (nSPS) is 20.9. The van der Waals surface area contributed by atoms with Crippen LogP contribution in [0.25, 0.3) is 0 Å². The zero-order chi connectivity index (χ0) is 14.0. The number of nitrogens with zero attached hydrogens (tertiary/aromatic N) is 1. The average molecular weight is 324 g/mol. The molecule has 1 saturated heterocycles. The molecule has 0 saturated carbocycles. The SMILES string of the molecule is Cc1ccccc1C1CCCN1C(=O)C(Br)C(C)C. The third kappa shape index (κ3) is 3.02. The minimum absolute atomic E-state index is 0.0721. The van der Waals surface area contributed by atoms with E-state index in [1.54, 1.807) is 0 Å². The summed E-state index contributed by atoms with van der Waals surface area (Å²) in [7, 11) is 0. The Bertz CT molecular complexity index is 458. The van der Waals surface area contributed by atoms with Gasteiger partial charge >= 0.3 is 0 Å². The van der Waals surface area contributed by atoms with Crippen LogP contribution in [0.2, 0.25) is 0 Å². The Hall–Kier alpha value is -0.830. The summed E-state index contributed by atoms with van der Waals surface area (Å²) in [5, 5.41) is 0. The molecule has 1 fully saturated rings. The van der Waals surface area contributed by atoms with Gasteiger partial charge in [-0.3, -0.25) is 4.79 Å². The molecule has 2 unspecified atom stereocenters. The van der Waals surface area contributed by atoms with Crippen LogP contribution in [0.3, 0.4) is 0 Å². The molecule has 104 valence electrons. The molecule has 1 aliphatic rings. The number of carbonyl (C=O) groups is 1. The number of likely N-dealkylation sites (tertiary alicyclic amines) is 1. The van der Waals surface area contributed by atoms with Crippen LogP contribution >= 0.6 is 15.9 Å². The highest BCUT2D eigenvalue weighted by atomic mass is 79.9. The molecule has 2 rings (SSSR count). The molecule has 0 aliphatic carbocycles. The topological polar surface area (TPSA) is 20.3 Å². The van der Waals surface area contributed by atoms with Crippen molar-refractivity contribution in [2.24, 2.45) is 5.92 Å². The number of amides is 1. The number of hydrogen-bond donors (Lipinski definition) is 0. The molecular weight excluding hydrogens is 302 g/mol. The van der Waals surface area contributed by atoms with E-state index in [1.807, 2.05) is 0 Å². The Kier molecular flexibility index (Phi) is 4.67. The van der Waals surface area contributed by atoms with Gasteiger partial charge in [-0.2, -0.15) is 0 Å². The summed E-state index contributed by atoms with van der Waals surface area (Å²) in [6, 6.07) is 8.67. The monoisotopic (exact) mass is 323 g/mol. The van der Waals surface area contributed by atoms with Crippen molar-refractivity contribution in [3.05, 3.63) is 35.4 Å². The number of hydrogen-bond acceptors (Lipinski definition) is 1. The minimum atomic E-state index is -0.0721. The van der Waals surface area contributed by atoms with Gasteiger partial charge in [0, 0.05) is 6.54 Å². The first-order valence-corrected chi connectivity index (χ1v) is 7.94. The van der Waals surface area contributed by atoms with Gasteiger partial charge in [0.25, 0.3) is 0 Å². The van der Waals surface area contributed by atoms with E-state index in [4.69, 9.17) is 0 Å². The molecule has 0 N–H and O–H groups in total. The molecule has 1 aromatic rings. The highest BCUT2D eigenvalue weighted by molar-refractivity contribution is 9.10. The van der Waals surface area contributed by atoms with Crippen LogP contribution in [0.15, 0.2) is 24.3 Å². The fourth-order valence-corrected chi connectivity index (χ4v) is 3.02. The second-order valence-corrected chi connectivity index (χ2v) is 6.68. The van der Waals surface area contributed by atoms with Gasteiger partial charge < -0.3 is 4.90 Å². The van der Waals surface area contributed by atoms with Gasteiger partial charge in [-0.05, 0) is 36.8 Å². The lowest BCUT2D eigenvalue weighted by Crippen LogP contribution is -2.38. The zero-order valence-electron chi connectivity index (χ0n) is 11.9. The summed E-state index contributed by atoms with van der Waals surface area (Å²) in [6.45, 7) is 7.17. The molecule has 2 atom stereocenters. The van der Waals surface area contributed by atoms with Crippen molar-refractivity contribution in [3.63, 3.8) is 0 Å². The van der Waals surface area contributed by atoms with Crippen LogP contribution < -0.4 is 0 Å². The summed E-state index contributed by atoms with van der Waals surface area (Å²) in [5.74, 6) is 0.561. The second-order valence-electron chi connectivity index (χ2n) is 5.69. The fourth-order valence-electron chi connectivity index (χ4n) is 2.76. The van der Waals surface area contributed by atoms with E-state index in [0.29, 0.717) is 5.92 Å². The summed E-state index contributed by atoms with van der Waals surface area (Å²) in [6.07, 6.45) is 2.18. The fraction of sp³-hybridized carbons (Fsp3) is 0.562. The Labute approximate surface area is 124 Å². The van der Waals surface area contributed by atoms with Crippen molar-refractivity contribution in [1.82, 2.24) is 4.90 Å². The van der Waals surface area contributed by atoms with Crippen molar-refractivity contribution in [2.45, 2.75) is 44.5 Å². The standard InChI is InChI=1S/C16H22BrNO/c1-11(2)15(17)16(19)18-10-6-9-14(18)13-8-5-4-7-12(13)3/h4-5,7-8,11,14-15H,6,9-10H2,1-3H3. The zero-order valence-corrected chi connectivity index (χ0v) is 13.5. The first kappa shape index (κ1) is 14.6. The van der Waals surface area contributed by atoms with Gasteiger partial charge in [0.1, 0.15) is 0 Å². The van der Waals surface area contributed by atoms with E-state index in [9.17, 15) is 4.79 Å². The lowest BCUT2D eigenvalue weighted by molar-refractivity contribution is -0.132. The van der Waals surface area contributed by atoms with Gasteiger partial charge in [0.15, 0.2) is 0 Å². The number of alkyl halides is 1. The third-order valence-corrected chi connectivity index (χ3v) is 5.35. The number of aryl methyl sites for hydroxylation is 1. The van der Waals surface area contributed by atoms with Crippen molar-refractivity contribution >= 4 is 21.8 Å². The Morgan fingerprint density at radius 1 is 1.37 bits per heavy atom. The molecule has 3 heteroatoms. The maximum absolute atomic E-state index is 12.6. The molecule has 1 aliphatic heterocycles. The summed E-state index contributed by atoms with van der Waals surface area (Å²) >= 11 is 3.54. The number of halogens is 1. The van der Waals surface area contributed by atoms with E-state index in [1.165, 1.54) is 11.1 Å².